The molecule has 140 valence electrons. The molecule has 5 heterocycles. The van der Waals surface area contributed by atoms with E-state index in [1.165, 1.54) is 10.9 Å². The molecule has 0 amide bonds. The second-order valence-corrected chi connectivity index (χ2v) is 7.87. The number of rotatable bonds is 4. The highest BCUT2D eigenvalue weighted by Crippen LogP contribution is 2.39. The molecule has 1 aromatic carbocycles. The molecule has 2 aliphatic heterocycles. The molecule has 1 spiro atoms. The average molecular weight is 372 g/mol. The molecule has 0 atom stereocenters. The molecule has 4 aromatic rings. The first-order valence-electron chi connectivity index (χ1n) is 9.53. The van der Waals surface area contributed by atoms with Gasteiger partial charge in [-0.05, 0) is 35.2 Å². The lowest BCUT2D eigenvalue weighted by Gasteiger charge is -2.55. The van der Waals surface area contributed by atoms with Crippen molar-refractivity contribution in [2.24, 2.45) is 5.41 Å². The van der Waals surface area contributed by atoms with Crippen LogP contribution < -0.4 is 10.2 Å². The van der Waals surface area contributed by atoms with Crippen LogP contribution in [0.3, 0.4) is 0 Å². The third kappa shape index (κ3) is 2.58. The van der Waals surface area contributed by atoms with Crippen LogP contribution in [0.4, 0.5) is 11.6 Å². The summed E-state index contributed by atoms with van der Waals surface area (Å²) in [4.78, 5) is 19.4. The smallest absolute Gasteiger partial charge is 0.182 e. The average Bonchev–Trinajstić information content (AvgIpc) is 3.11. The molecule has 2 saturated heterocycles. The Morgan fingerprint density at radius 2 is 2.04 bits per heavy atom. The van der Waals surface area contributed by atoms with E-state index in [-0.39, 0.29) is 0 Å². The van der Waals surface area contributed by atoms with Crippen LogP contribution in [0.15, 0.2) is 48.8 Å². The fourth-order valence-corrected chi connectivity index (χ4v) is 4.05. The Balaban J connectivity index is 1.20. The van der Waals surface area contributed by atoms with Crippen molar-refractivity contribution in [1.82, 2.24) is 19.9 Å². The SMILES string of the molecule is c1cc2ccc(CNc3cnc4ccc(N5CC6(COC6)C5)nc4n3)cc2[nH]1. The molecular weight excluding hydrogens is 352 g/mol. The molecule has 0 aliphatic carbocycles. The molecule has 0 bridgehead atoms. The number of hydrogen-bond acceptors (Lipinski definition) is 6. The molecule has 0 radical (unpaired) electrons. The number of benzene rings is 1. The number of aromatic amines is 1. The Hall–Kier alpha value is -3.19. The second-order valence-electron chi connectivity index (χ2n) is 7.87. The van der Waals surface area contributed by atoms with Crippen LogP contribution in [-0.4, -0.2) is 46.2 Å². The second kappa shape index (κ2) is 5.90. The summed E-state index contributed by atoms with van der Waals surface area (Å²) < 4.78 is 5.35. The summed E-state index contributed by atoms with van der Waals surface area (Å²) in [7, 11) is 0. The molecule has 2 fully saturated rings. The van der Waals surface area contributed by atoms with Crippen LogP contribution >= 0.6 is 0 Å². The summed E-state index contributed by atoms with van der Waals surface area (Å²) in [6, 6.07) is 12.5. The predicted molar refractivity (Wildman–Crippen MR) is 108 cm³/mol. The van der Waals surface area contributed by atoms with Gasteiger partial charge in [0.2, 0.25) is 0 Å². The van der Waals surface area contributed by atoms with Crippen molar-refractivity contribution in [3.05, 3.63) is 54.4 Å². The van der Waals surface area contributed by atoms with Gasteiger partial charge in [-0.2, -0.15) is 0 Å². The van der Waals surface area contributed by atoms with E-state index in [1.54, 1.807) is 6.20 Å². The third-order valence-corrected chi connectivity index (χ3v) is 5.68. The highest BCUT2D eigenvalue weighted by Gasteiger charge is 2.49. The molecule has 6 rings (SSSR count). The van der Waals surface area contributed by atoms with E-state index in [1.807, 2.05) is 18.3 Å². The van der Waals surface area contributed by atoms with E-state index < -0.39 is 0 Å². The van der Waals surface area contributed by atoms with Gasteiger partial charge in [-0.25, -0.2) is 15.0 Å². The number of H-pyrrole nitrogens is 1. The van der Waals surface area contributed by atoms with Gasteiger partial charge in [0, 0.05) is 31.3 Å². The van der Waals surface area contributed by atoms with Gasteiger partial charge < -0.3 is 19.9 Å². The molecule has 28 heavy (non-hydrogen) atoms. The van der Waals surface area contributed by atoms with Crippen LogP contribution in [0.25, 0.3) is 22.1 Å². The van der Waals surface area contributed by atoms with E-state index in [0.717, 1.165) is 49.0 Å². The van der Waals surface area contributed by atoms with E-state index >= 15 is 0 Å². The minimum Gasteiger partial charge on any atom is -0.380 e. The maximum absolute atomic E-state index is 5.35. The minimum atomic E-state index is 0.367. The number of hydrogen-bond donors (Lipinski definition) is 2. The van der Waals surface area contributed by atoms with Gasteiger partial charge in [0.05, 0.1) is 24.8 Å². The van der Waals surface area contributed by atoms with Crippen molar-refractivity contribution in [1.29, 1.82) is 0 Å². The Morgan fingerprint density at radius 1 is 1.11 bits per heavy atom. The summed E-state index contributed by atoms with van der Waals surface area (Å²) in [6.45, 7) is 4.46. The zero-order valence-electron chi connectivity index (χ0n) is 15.4. The number of fused-ring (bicyclic) bond motifs is 2. The van der Waals surface area contributed by atoms with Crippen molar-refractivity contribution in [3.63, 3.8) is 0 Å². The quantitative estimate of drug-likeness (QED) is 0.573. The molecule has 7 nitrogen and oxygen atoms in total. The Labute approximate surface area is 161 Å². The molecule has 0 saturated carbocycles. The summed E-state index contributed by atoms with van der Waals surface area (Å²) in [6.07, 6.45) is 3.72. The standard InChI is InChI=1S/C21H20N6O/c1-2-15-5-6-22-17(15)7-14(1)8-24-18-9-23-16-3-4-19(26-20(16)25-18)27-10-21(11-27)12-28-13-21/h1-7,9,22H,8,10-13H2,(H,24,25,26). The highest BCUT2D eigenvalue weighted by molar-refractivity contribution is 5.80. The van der Waals surface area contributed by atoms with Gasteiger partial charge in [-0.3, -0.25) is 0 Å². The fraction of sp³-hybridized carbons (Fsp3) is 0.286. The Kier molecular flexibility index (Phi) is 3.34. The number of ether oxygens (including phenoxy) is 1. The zero-order chi connectivity index (χ0) is 18.6. The molecule has 0 unspecified atom stereocenters. The van der Waals surface area contributed by atoms with E-state index in [4.69, 9.17) is 9.72 Å². The maximum atomic E-state index is 5.35. The predicted octanol–water partition coefficient (Wildman–Crippen LogP) is 2.95. The van der Waals surface area contributed by atoms with Gasteiger partial charge in [-0.1, -0.05) is 12.1 Å². The molecular formula is C21H20N6O. The number of anilines is 2. The first-order chi connectivity index (χ1) is 13.8. The van der Waals surface area contributed by atoms with Crippen molar-refractivity contribution < 1.29 is 4.74 Å². The fourth-order valence-electron chi connectivity index (χ4n) is 4.05. The largest absolute Gasteiger partial charge is 0.380 e. The molecule has 2 aliphatic rings. The van der Waals surface area contributed by atoms with Crippen LogP contribution in [0.2, 0.25) is 0 Å². The first kappa shape index (κ1) is 15.8. The summed E-state index contributed by atoms with van der Waals surface area (Å²) in [5.41, 5.74) is 4.18. The van der Waals surface area contributed by atoms with Crippen LogP contribution in [0.1, 0.15) is 5.56 Å². The van der Waals surface area contributed by atoms with Crippen LogP contribution in [-0.2, 0) is 11.3 Å². The Morgan fingerprint density at radius 3 is 2.89 bits per heavy atom. The number of aromatic nitrogens is 4. The van der Waals surface area contributed by atoms with Gasteiger partial charge in [0.15, 0.2) is 5.65 Å². The Bertz CT molecular complexity index is 1170. The lowest BCUT2D eigenvalue weighted by molar-refractivity contribution is -0.127. The summed E-state index contributed by atoms with van der Waals surface area (Å²) >= 11 is 0. The van der Waals surface area contributed by atoms with Gasteiger partial charge in [0.25, 0.3) is 0 Å². The summed E-state index contributed by atoms with van der Waals surface area (Å²) in [5, 5.41) is 4.58. The van der Waals surface area contributed by atoms with Crippen LogP contribution in [0.5, 0.6) is 0 Å². The van der Waals surface area contributed by atoms with Crippen molar-refractivity contribution in [2.75, 3.05) is 36.5 Å². The topological polar surface area (TPSA) is 79.0 Å². The molecule has 2 N–H and O–H groups in total. The van der Waals surface area contributed by atoms with Crippen molar-refractivity contribution in [2.45, 2.75) is 6.54 Å². The summed E-state index contributed by atoms with van der Waals surface area (Å²) in [5.74, 6) is 1.70. The number of nitrogens with zero attached hydrogens (tertiary/aromatic N) is 4. The highest BCUT2D eigenvalue weighted by atomic mass is 16.5. The van der Waals surface area contributed by atoms with Gasteiger partial charge in [0.1, 0.15) is 17.2 Å². The lowest BCUT2D eigenvalue weighted by Crippen LogP contribution is -2.66. The number of nitrogens with one attached hydrogen (secondary N) is 2. The number of pyridine rings is 1. The van der Waals surface area contributed by atoms with Crippen LogP contribution in [0, 0.1) is 5.41 Å². The molecule has 3 aromatic heterocycles. The van der Waals surface area contributed by atoms with Crippen molar-refractivity contribution in [3.8, 4) is 0 Å². The van der Waals surface area contributed by atoms with E-state index in [2.05, 4.69) is 49.4 Å². The van der Waals surface area contributed by atoms with E-state index in [9.17, 15) is 0 Å². The maximum Gasteiger partial charge on any atom is 0.182 e. The normalized spacial score (nSPS) is 17.6. The monoisotopic (exact) mass is 372 g/mol. The zero-order valence-corrected chi connectivity index (χ0v) is 15.4. The molecule has 7 heteroatoms. The minimum absolute atomic E-state index is 0.367. The van der Waals surface area contributed by atoms with Gasteiger partial charge in [-0.15, -0.1) is 0 Å². The van der Waals surface area contributed by atoms with Gasteiger partial charge >= 0.3 is 0 Å². The van der Waals surface area contributed by atoms with E-state index in [0.29, 0.717) is 17.6 Å². The lowest BCUT2D eigenvalue weighted by atomic mass is 9.78. The first-order valence-corrected chi connectivity index (χ1v) is 9.53. The van der Waals surface area contributed by atoms with Crippen molar-refractivity contribution >= 4 is 33.7 Å². The third-order valence-electron chi connectivity index (χ3n) is 5.68.